The zero-order chi connectivity index (χ0) is 19.6. The van der Waals surface area contributed by atoms with Crippen molar-refractivity contribution in [2.24, 2.45) is 0 Å². The van der Waals surface area contributed by atoms with E-state index in [-0.39, 0.29) is 11.4 Å². The lowest BCUT2D eigenvalue weighted by molar-refractivity contribution is -0.384. The second kappa shape index (κ2) is 7.58. The molecule has 0 aliphatic carbocycles. The number of carbonyl (C=O) groups excluding carboxylic acids is 2. The van der Waals surface area contributed by atoms with Gasteiger partial charge in [-0.05, 0) is 24.6 Å². The van der Waals surface area contributed by atoms with Crippen LogP contribution in [0.5, 0.6) is 0 Å². The van der Waals surface area contributed by atoms with Gasteiger partial charge in [0.25, 0.3) is 11.6 Å². The molecule has 1 atom stereocenters. The van der Waals surface area contributed by atoms with Gasteiger partial charge in [-0.15, -0.1) is 0 Å². The maximum absolute atomic E-state index is 12.9. The number of urea groups is 1. The SMILES string of the molecule is CC1=C(C(=O)Nc2cccc([N+](=O)[O-])c2)[C@@H](c2ccccc2Br)NC(=O)N1. The lowest BCUT2D eigenvalue weighted by Gasteiger charge is -2.29. The highest BCUT2D eigenvalue weighted by Crippen LogP contribution is 2.32. The minimum atomic E-state index is -0.673. The predicted octanol–water partition coefficient (Wildman–Crippen LogP) is 3.62. The summed E-state index contributed by atoms with van der Waals surface area (Å²) >= 11 is 3.44. The number of allylic oxidation sites excluding steroid dienone is 1. The van der Waals surface area contributed by atoms with Crippen LogP contribution < -0.4 is 16.0 Å². The number of hydrogen-bond acceptors (Lipinski definition) is 4. The Balaban J connectivity index is 1.96. The molecule has 0 fully saturated rings. The molecule has 0 radical (unpaired) electrons. The Morgan fingerprint density at radius 3 is 2.67 bits per heavy atom. The van der Waals surface area contributed by atoms with Crippen molar-refractivity contribution in [1.82, 2.24) is 10.6 Å². The number of anilines is 1. The van der Waals surface area contributed by atoms with E-state index in [2.05, 4.69) is 31.9 Å². The van der Waals surface area contributed by atoms with Crippen LogP contribution in [0.4, 0.5) is 16.2 Å². The van der Waals surface area contributed by atoms with E-state index in [4.69, 9.17) is 0 Å². The first-order chi connectivity index (χ1) is 12.9. The van der Waals surface area contributed by atoms with E-state index in [1.807, 2.05) is 12.1 Å². The van der Waals surface area contributed by atoms with Gasteiger partial charge in [0.1, 0.15) is 0 Å². The molecule has 8 nitrogen and oxygen atoms in total. The molecule has 3 N–H and O–H groups in total. The zero-order valence-electron chi connectivity index (χ0n) is 14.2. The van der Waals surface area contributed by atoms with Gasteiger partial charge in [-0.25, -0.2) is 4.79 Å². The lowest BCUT2D eigenvalue weighted by Crippen LogP contribution is -2.46. The monoisotopic (exact) mass is 430 g/mol. The van der Waals surface area contributed by atoms with Gasteiger partial charge in [0.05, 0.1) is 16.5 Å². The lowest BCUT2D eigenvalue weighted by atomic mass is 9.95. The molecule has 3 amide bonds. The van der Waals surface area contributed by atoms with Crippen molar-refractivity contribution in [3.05, 3.63) is 80.0 Å². The smallest absolute Gasteiger partial charge is 0.319 e. The highest BCUT2D eigenvalue weighted by molar-refractivity contribution is 9.10. The number of nitro groups is 1. The van der Waals surface area contributed by atoms with Crippen molar-refractivity contribution >= 4 is 39.2 Å². The number of nitrogens with one attached hydrogen (secondary N) is 3. The van der Waals surface area contributed by atoms with Crippen LogP contribution in [0.1, 0.15) is 18.5 Å². The van der Waals surface area contributed by atoms with Gasteiger partial charge >= 0.3 is 6.03 Å². The van der Waals surface area contributed by atoms with Crippen LogP contribution in [-0.2, 0) is 4.79 Å². The molecule has 2 aromatic carbocycles. The van der Waals surface area contributed by atoms with Gasteiger partial charge in [-0.3, -0.25) is 14.9 Å². The van der Waals surface area contributed by atoms with E-state index in [0.717, 1.165) is 10.0 Å². The second-order valence-corrected chi connectivity index (χ2v) is 6.71. The summed E-state index contributed by atoms with van der Waals surface area (Å²) in [7, 11) is 0. The topological polar surface area (TPSA) is 113 Å². The molecule has 0 aromatic heterocycles. The van der Waals surface area contributed by atoms with Crippen LogP contribution in [0, 0.1) is 10.1 Å². The Morgan fingerprint density at radius 1 is 1.22 bits per heavy atom. The number of benzene rings is 2. The second-order valence-electron chi connectivity index (χ2n) is 5.85. The fourth-order valence-corrected chi connectivity index (χ4v) is 3.35. The summed E-state index contributed by atoms with van der Waals surface area (Å²) in [6, 6.07) is 11.8. The molecule has 27 heavy (non-hydrogen) atoms. The fourth-order valence-electron chi connectivity index (χ4n) is 2.83. The zero-order valence-corrected chi connectivity index (χ0v) is 15.7. The minimum absolute atomic E-state index is 0.129. The largest absolute Gasteiger partial charge is 0.327 e. The molecule has 0 spiro atoms. The van der Waals surface area contributed by atoms with Crippen molar-refractivity contribution in [3.8, 4) is 0 Å². The average Bonchev–Trinajstić information content (AvgIpc) is 2.61. The van der Waals surface area contributed by atoms with E-state index in [9.17, 15) is 19.7 Å². The van der Waals surface area contributed by atoms with Gasteiger partial charge in [0.15, 0.2) is 0 Å². The Morgan fingerprint density at radius 2 is 1.96 bits per heavy atom. The molecule has 0 saturated carbocycles. The van der Waals surface area contributed by atoms with E-state index in [1.165, 1.54) is 18.2 Å². The molecule has 0 saturated heterocycles. The van der Waals surface area contributed by atoms with Crippen LogP contribution in [0.2, 0.25) is 0 Å². The van der Waals surface area contributed by atoms with Crippen molar-refractivity contribution < 1.29 is 14.5 Å². The van der Waals surface area contributed by atoms with Gasteiger partial charge < -0.3 is 16.0 Å². The summed E-state index contributed by atoms with van der Waals surface area (Å²) in [5.74, 6) is -0.471. The quantitative estimate of drug-likeness (QED) is 0.507. The summed E-state index contributed by atoms with van der Waals surface area (Å²) < 4.78 is 0.741. The van der Waals surface area contributed by atoms with Crippen LogP contribution in [0.3, 0.4) is 0 Å². The number of nitro benzene ring substituents is 1. The predicted molar refractivity (Wildman–Crippen MR) is 103 cm³/mol. The molecule has 0 unspecified atom stereocenters. The van der Waals surface area contributed by atoms with Crippen molar-refractivity contribution in [3.63, 3.8) is 0 Å². The third kappa shape index (κ3) is 3.98. The van der Waals surface area contributed by atoms with Gasteiger partial charge in [-0.2, -0.15) is 0 Å². The molecular weight excluding hydrogens is 416 g/mol. The number of non-ortho nitro benzene ring substituents is 1. The summed E-state index contributed by atoms with van der Waals surface area (Å²) in [6.45, 7) is 1.63. The first-order valence-electron chi connectivity index (χ1n) is 7.95. The molecule has 3 rings (SSSR count). The van der Waals surface area contributed by atoms with E-state index >= 15 is 0 Å². The number of carbonyl (C=O) groups is 2. The molecule has 1 heterocycles. The van der Waals surface area contributed by atoms with Crippen molar-refractivity contribution in [2.45, 2.75) is 13.0 Å². The summed E-state index contributed by atoms with van der Waals surface area (Å²) in [6.07, 6.45) is 0. The summed E-state index contributed by atoms with van der Waals surface area (Å²) in [5, 5.41) is 18.9. The molecular formula is C18H15BrN4O4. The highest BCUT2D eigenvalue weighted by Gasteiger charge is 2.32. The summed E-state index contributed by atoms with van der Waals surface area (Å²) in [5.41, 5.74) is 1.60. The molecule has 1 aliphatic heterocycles. The van der Waals surface area contributed by atoms with Gasteiger partial charge in [0.2, 0.25) is 0 Å². The van der Waals surface area contributed by atoms with Crippen LogP contribution in [-0.4, -0.2) is 16.9 Å². The molecule has 2 aromatic rings. The normalized spacial score (nSPS) is 16.4. The van der Waals surface area contributed by atoms with Crippen LogP contribution in [0.15, 0.2) is 64.3 Å². The van der Waals surface area contributed by atoms with Crippen molar-refractivity contribution in [1.29, 1.82) is 0 Å². The maximum Gasteiger partial charge on any atom is 0.319 e. The number of hydrogen-bond donors (Lipinski definition) is 3. The third-order valence-corrected chi connectivity index (χ3v) is 4.77. The molecule has 9 heteroatoms. The number of amides is 3. The minimum Gasteiger partial charge on any atom is -0.327 e. The summed E-state index contributed by atoms with van der Waals surface area (Å²) in [4.78, 5) is 35.2. The van der Waals surface area contributed by atoms with Gasteiger partial charge in [0, 0.05) is 28.0 Å². The Bertz CT molecular complexity index is 973. The first-order valence-corrected chi connectivity index (χ1v) is 8.74. The highest BCUT2D eigenvalue weighted by atomic mass is 79.9. The Kier molecular flexibility index (Phi) is 5.22. The van der Waals surface area contributed by atoms with Crippen LogP contribution >= 0.6 is 15.9 Å². The Hall–Kier alpha value is -3.20. The molecule has 138 valence electrons. The molecule has 0 bridgehead atoms. The van der Waals surface area contributed by atoms with Crippen LogP contribution in [0.25, 0.3) is 0 Å². The number of halogens is 1. The fraction of sp³-hybridized carbons (Fsp3) is 0.111. The van der Waals surface area contributed by atoms with Crippen molar-refractivity contribution in [2.75, 3.05) is 5.32 Å². The van der Waals surface area contributed by atoms with Gasteiger partial charge in [-0.1, -0.05) is 40.2 Å². The number of rotatable bonds is 4. The van der Waals surface area contributed by atoms with E-state index < -0.39 is 22.9 Å². The third-order valence-electron chi connectivity index (χ3n) is 4.04. The number of nitrogens with zero attached hydrogens (tertiary/aromatic N) is 1. The average molecular weight is 431 g/mol. The molecule has 1 aliphatic rings. The first kappa shape index (κ1) is 18.6. The maximum atomic E-state index is 12.9. The van der Waals surface area contributed by atoms with E-state index in [0.29, 0.717) is 11.3 Å². The Labute approximate surface area is 162 Å². The van der Waals surface area contributed by atoms with E-state index in [1.54, 1.807) is 25.1 Å². The standard InChI is InChI=1S/C18H15BrN4O4/c1-10-15(17(24)21-11-5-4-6-12(9-11)23(26)27)16(22-18(25)20-10)13-7-2-3-8-14(13)19/h2-9,16H,1H3,(H,21,24)(H2,20,22,25)/t16-/m1/s1.